The molecule has 4 atom stereocenters. The van der Waals surface area contributed by atoms with Gasteiger partial charge in [0.05, 0.1) is 12.1 Å². The van der Waals surface area contributed by atoms with Gasteiger partial charge in [0, 0.05) is 0 Å². The maximum absolute atomic E-state index is 12.3. The van der Waals surface area contributed by atoms with E-state index in [1.54, 1.807) is 13.8 Å². The highest BCUT2D eigenvalue weighted by Gasteiger charge is 2.31. The molecule has 0 spiro atoms. The number of aliphatic hydroxyl groups excluding tert-OH is 1. The summed E-state index contributed by atoms with van der Waals surface area (Å²) in [6.07, 6.45) is -0.932. The molecule has 0 aliphatic carbocycles. The molecule has 2 amide bonds. The maximum atomic E-state index is 12.3. The van der Waals surface area contributed by atoms with Gasteiger partial charge in [0.2, 0.25) is 11.8 Å². The Bertz CT molecular complexity index is 423. The third kappa shape index (κ3) is 7.43. The fraction of sp³-hybridized carbons (Fsp3) is 0.800. The van der Waals surface area contributed by atoms with Crippen LogP contribution in [0.1, 0.15) is 41.0 Å². The first-order chi connectivity index (χ1) is 10.5. The van der Waals surface area contributed by atoms with Crippen molar-refractivity contribution in [2.24, 2.45) is 17.6 Å². The molecule has 0 rings (SSSR count). The minimum atomic E-state index is -1.44. The Kier molecular flexibility index (Phi) is 8.78. The van der Waals surface area contributed by atoms with Crippen LogP contribution in [0.15, 0.2) is 0 Å². The van der Waals surface area contributed by atoms with Gasteiger partial charge in [0.25, 0.3) is 0 Å². The van der Waals surface area contributed by atoms with Crippen molar-refractivity contribution in [3.8, 4) is 0 Å². The summed E-state index contributed by atoms with van der Waals surface area (Å²) >= 11 is 0. The van der Waals surface area contributed by atoms with Crippen molar-refractivity contribution < 1.29 is 24.6 Å². The predicted octanol–water partition coefficient (Wildman–Crippen LogP) is -0.549. The standard InChI is InChI=1S/C15H29N3O5/c1-7(2)6-10(17-14(21)11(16)8(3)4)13(20)18-12(9(5)19)15(22)23/h7-12,19H,6,16H2,1-5H3,(H,17,21)(H,18,20)(H,22,23). The van der Waals surface area contributed by atoms with Crippen LogP contribution >= 0.6 is 0 Å². The molecule has 4 unspecified atom stereocenters. The van der Waals surface area contributed by atoms with Gasteiger partial charge < -0.3 is 26.6 Å². The second kappa shape index (κ2) is 9.46. The number of aliphatic carboxylic acids is 1. The first kappa shape index (κ1) is 21.3. The van der Waals surface area contributed by atoms with Crippen molar-refractivity contribution in [3.63, 3.8) is 0 Å². The van der Waals surface area contributed by atoms with Gasteiger partial charge in [-0.05, 0) is 25.2 Å². The third-order valence-corrected chi connectivity index (χ3v) is 3.41. The maximum Gasteiger partial charge on any atom is 0.328 e. The second-order valence-corrected chi connectivity index (χ2v) is 6.53. The molecule has 0 aliphatic heterocycles. The minimum absolute atomic E-state index is 0.0937. The van der Waals surface area contributed by atoms with Gasteiger partial charge in [-0.25, -0.2) is 4.79 Å². The summed E-state index contributed by atoms with van der Waals surface area (Å²) in [4.78, 5) is 35.4. The van der Waals surface area contributed by atoms with Crippen LogP contribution in [0, 0.1) is 11.8 Å². The molecule has 0 saturated heterocycles. The van der Waals surface area contributed by atoms with Crippen LogP contribution in [0.5, 0.6) is 0 Å². The van der Waals surface area contributed by atoms with Gasteiger partial charge in [0.1, 0.15) is 6.04 Å². The molecule has 0 radical (unpaired) electrons. The summed E-state index contributed by atoms with van der Waals surface area (Å²) in [5.74, 6) is -2.47. The van der Waals surface area contributed by atoms with Crippen molar-refractivity contribution in [2.75, 3.05) is 0 Å². The molecule has 8 heteroatoms. The Morgan fingerprint density at radius 2 is 1.52 bits per heavy atom. The van der Waals surface area contributed by atoms with Gasteiger partial charge in [0.15, 0.2) is 6.04 Å². The van der Waals surface area contributed by atoms with E-state index < -0.39 is 42.0 Å². The Balaban J connectivity index is 5.05. The van der Waals surface area contributed by atoms with E-state index in [-0.39, 0.29) is 11.8 Å². The number of aliphatic hydroxyl groups is 1. The molecule has 134 valence electrons. The van der Waals surface area contributed by atoms with E-state index in [4.69, 9.17) is 10.8 Å². The Hall–Kier alpha value is -1.67. The highest BCUT2D eigenvalue weighted by molar-refractivity contribution is 5.91. The number of nitrogens with one attached hydrogen (secondary N) is 2. The number of nitrogens with two attached hydrogens (primary N) is 1. The van der Waals surface area contributed by atoms with Crippen LogP contribution in [0.25, 0.3) is 0 Å². The van der Waals surface area contributed by atoms with Crippen LogP contribution < -0.4 is 16.4 Å². The van der Waals surface area contributed by atoms with Gasteiger partial charge in [-0.15, -0.1) is 0 Å². The zero-order chi connectivity index (χ0) is 18.3. The van der Waals surface area contributed by atoms with E-state index >= 15 is 0 Å². The monoisotopic (exact) mass is 331 g/mol. The number of carbonyl (C=O) groups is 3. The van der Waals surface area contributed by atoms with E-state index in [1.165, 1.54) is 6.92 Å². The highest BCUT2D eigenvalue weighted by Crippen LogP contribution is 2.08. The molecule has 0 aromatic heterocycles. The number of hydrogen-bond acceptors (Lipinski definition) is 5. The van der Waals surface area contributed by atoms with Crippen molar-refractivity contribution in [1.82, 2.24) is 10.6 Å². The quantitative estimate of drug-likeness (QED) is 0.384. The summed E-state index contributed by atoms with van der Waals surface area (Å²) in [6.45, 7) is 8.59. The number of hydrogen-bond donors (Lipinski definition) is 5. The molecule has 23 heavy (non-hydrogen) atoms. The molecule has 0 aromatic carbocycles. The molecular formula is C15H29N3O5. The fourth-order valence-corrected chi connectivity index (χ4v) is 1.92. The lowest BCUT2D eigenvalue weighted by Gasteiger charge is -2.25. The largest absolute Gasteiger partial charge is 0.480 e. The van der Waals surface area contributed by atoms with Crippen LogP contribution in [0.3, 0.4) is 0 Å². The van der Waals surface area contributed by atoms with E-state index in [9.17, 15) is 19.5 Å². The van der Waals surface area contributed by atoms with Crippen LogP contribution in [-0.2, 0) is 14.4 Å². The van der Waals surface area contributed by atoms with Gasteiger partial charge in [-0.3, -0.25) is 9.59 Å². The van der Waals surface area contributed by atoms with E-state index in [0.717, 1.165) is 0 Å². The van der Waals surface area contributed by atoms with Crippen molar-refractivity contribution in [2.45, 2.75) is 65.3 Å². The zero-order valence-corrected chi connectivity index (χ0v) is 14.4. The molecule has 0 aromatic rings. The molecule has 0 fully saturated rings. The van der Waals surface area contributed by atoms with Crippen LogP contribution in [-0.4, -0.2) is 52.2 Å². The predicted molar refractivity (Wildman–Crippen MR) is 85.4 cm³/mol. The summed E-state index contributed by atoms with van der Waals surface area (Å²) < 4.78 is 0. The first-order valence-electron chi connectivity index (χ1n) is 7.74. The Labute approximate surface area is 136 Å². The summed E-state index contributed by atoms with van der Waals surface area (Å²) in [7, 11) is 0. The molecular weight excluding hydrogens is 302 g/mol. The number of carboxylic acids is 1. The molecule has 0 aliphatic rings. The lowest BCUT2D eigenvalue weighted by Crippen LogP contribution is -2.57. The fourth-order valence-electron chi connectivity index (χ4n) is 1.92. The average Bonchev–Trinajstić information content (AvgIpc) is 2.41. The number of amides is 2. The van der Waals surface area contributed by atoms with Crippen molar-refractivity contribution in [1.29, 1.82) is 0 Å². The van der Waals surface area contributed by atoms with Gasteiger partial charge in [-0.2, -0.15) is 0 Å². The normalized spacial score (nSPS) is 16.6. The summed E-state index contributed by atoms with van der Waals surface area (Å²) in [6, 6.07) is -3.11. The Morgan fingerprint density at radius 3 is 1.87 bits per heavy atom. The second-order valence-electron chi connectivity index (χ2n) is 6.53. The van der Waals surface area contributed by atoms with Crippen molar-refractivity contribution in [3.05, 3.63) is 0 Å². The molecule has 8 nitrogen and oxygen atoms in total. The van der Waals surface area contributed by atoms with Crippen LogP contribution in [0.2, 0.25) is 0 Å². The van der Waals surface area contributed by atoms with E-state index in [0.29, 0.717) is 6.42 Å². The molecule has 0 bridgehead atoms. The highest BCUT2D eigenvalue weighted by atomic mass is 16.4. The first-order valence-corrected chi connectivity index (χ1v) is 7.74. The lowest BCUT2D eigenvalue weighted by molar-refractivity contribution is -0.145. The Morgan fingerprint density at radius 1 is 1.00 bits per heavy atom. The minimum Gasteiger partial charge on any atom is -0.480 e. The number of carbonyl (C=O) groups excluding carboxylic acids is 2. The molecule has 6 N–H and O–H groups in total. The van der Waals surface area contributed by atoms with Crippen molar-refractivity contribution >= 4 is 17.8 Å². The SMILES string of the molecule is CC(C)CC(NC(=O)C(N)C(C)C)C(=O)NC(C(=O)O)C(C)O. The van der Waals surface area contributed by atoms with Gasteiger partial charge in [-0.1, -0.05) is 27.7 Å². The van der Waals surface area contributed by atoms with Gasteiger partial charge >= 0.3 is 5.97 Å². The van der Waals surface area contributed by atoms with E-state index in [2.05, 4.69) is 10.6 Å². The average molecular weight is 331 g/mol. The smallest absolute Gasteiger partial charge is 0.328 e. The zero-order valence-electron chi connectivity index (χ0n) is 14.4. The molecule has 0 saturated carbocycles. The summed E-state index contributed by atoms with van der Waals surface area (Å²) in [5, 5.41) is 23.3. The lowest BCUT2D eigenvalue weighted by atomic mass is 10.00. The van der Waals surface area contributed by atoms with Crippen LogP contribution in [0.4, 0.5) is 0 Å². The third-order valence-electron chi connectivity index (χ3n) is 3.41. The number of rotatable bonds is 9. The summed E-state index contributed by atoms with van der Waals surface area (Å²) in [5.41, 5.74) is 5.76. The van der Waals surface area contributed by atoms with E-state index in [1.807, 2.05) is 13.8 Å². The molecule has 0 heterocycles. The topological polar surface area (TPSA) is 142 Å². The number of carboxylic acid groups (broad SMARTS) is 1.